The molecular formula is C27H19N3O4. The average Bonchev–Trinajstić information content (AvgIpc) is 3.44. The molecule has 3 aliphatic rings. The number of aliphatic hydroxyl groups is 1. The van der Waals surface area contributed by atoms with Gasteiger partial charge in [-0.3, -0.25) is 24.4 Å². The lowest BCUT2D eigenvalue weighted by atomic mass is 9.84. The van der Waals surface area contributed by atoms with Crippen molar-refractivity contribution < 1.29 is 19.5 Å². The van der Waals surface area contributed by atoms with Crippen molar-refractivity contribution in [1.82, 2.24) is 4.98 Å². The maximum atomic E-state index is 13.7. The van der Waals surface area contributed by atoms with E-state index in [1.807, 2.05) is 13.0 Å². The molecule has 166 valence electrons. The first-order chi connectivity index (χ1) is 16.5. The van der Waals surface area contributed by atoms with E-state index in [1.54, 1.807) is 66.9 Å². The van der Waals surface area contributed by atoms with Gasteiger partial charge in [0, 0.05) is 17.3 Å². The van der Waals surface area contributed by atoms with Crippen LogP contribution in [0.15, 0.2) is 83.5 Å². The number of allylic oxidation sites excluding steroid dienone is 1. The Morgan fingerprint density at radius 3 is 2.35 bits per heavy atom. The van der Waals surface area contributed by atoms with E-state index in [4.69, 9.17) is 4.99 Å². The molecule has 1 N–H and O–H groups in total. The zero-order valence-corrected chi connectivity index (χ0v) is 18.2. The zero-order chi connectivity index (χ0) is 23.6. The number of hydrogen-bond acceptors (Lipinski definition) is 6. The highest BCUT2D eigenvalue weighted by Crippen LogP contribution is 2.48. The first kappa shape index (κ1) is 20.2. The van der Waals surface area contributed by atoms with E-state index in [2.05, 4.69) is 4.98 Å². The number of fused-ring (bicyclic) bond motifs is 2. The fraction of sp³-hybridized carbons (Fsp3) is 0.148. The van der Waals surface area contributed by atoms with Crippen LogP contribution in [0.3, 0.4) is 0 Å². The lowest BCUT2D eigenvalue weighted by Crippen LogP contribution is -2.33. The van der Waals surface area contributed by atoms with Gasteiger partial charge in [-0.25, -0.2) is 4.90 Å². The Hall–Kier alpha value is -4.39. The van der Waals surface area contributed by atoms with Crippen LogP contribution in [0.25, 0.3) is 5.76 Å². The minimum atomic E-state index is -0.990. The summed E-state index contributed by atoms with van der Waals surface area (Å²) in [5.41, 5.74) is 2.80. The standard InChI is InChI=1S/C27H19N3O4/c1-14-7-6-8-15(13-14)30-26(33)19-20(27(30)34)23(29-22(19)18-11-4-5-12-28-18)21-24(31)16-9-2-3-10-17(16)25(21)32/h2-13,19-20,22,31H,1H3/t19-,20+,22-/m0/s1. The normalized spacial score (nSPS) is 23.4. The Kier molecular flexibility index (Phi) is 4.35. The molecule has 0 bridgehead atoms. The van der Waals surface area contributed by atoms with Crippen LogP contribution in [0.4, 0.5) is 5.69 Å². The summed E-state index contributed by atoms with van der Waals surface area (Å²) in [6.07, 6.45) is 1.60. The molecule has 1 aromatic heterocycles. The smallest absolute Gasteiger partial charge is 0.243 e. The number of imide groups is 1. The summed E-state index contributed by atoms with van der Waals surface area (Å²) in [7, 11) is 0. The van der Waals surface area contributed by atoms with Gasteiger partial charge in [0.15, 0.2) is 5.78 Å². The van der Waals surface area contributed by atoms with E-state index in [-0.39, 0.29) is 17.0 Å². The monoisotopic (exact) mass is 449 g/mol. The van der Waals surface area contributed by atoms with Gasteiger partial charge in [-0.15, -0.1) is 0 Å². The quantitative estimate of drug-likeness (QED) is 0.612. The number of benzene rings is 2. The van der Waals surface area contributed by atoms with Gasteiger partial charge in [-0.1, -0.05) is 42.5 Å². The third kappa shape index (κ3) is 2.73. The van der Waals surface area contributed by atoms with Crippen molar-refractivity contribution in [3.63, 3.8) is 0 Å². The highest BCUT2D eigenvalue weighted by atomic mass is 16.3. The second-order valence-corrected chi connectivity index (χ2v) is 8.67. The number of anilines is 1. The molecule has 0 unspecified atom stereocenters. The van der Waals surface area contributed by atoms with Gasteiger partial charge in [0.25, 0.3) is 0 Å². The Morgan fingerprint density at radius 1 is 0.882 bits per heavy atom. The van der Waals surface area contributed by atoms with Crippen LogP contribution in [0, 0.1) is 18.8 Å². The number of aliphatic hydroxyl groups excluding tert-OH is 1. The summed E-state index contributed by atoms with van der Waals surface area (Å²) < 4.78 is 0. The highest BCUT2D eigenvalue weighted by Gasteiger charge is 2.59. The molecule has 7 heteroatoms. The highest BCUT2D eigenvalue weighted by molar-refractivity contribution is 6.42. The SMILES string of the molecule is Cc1cccc(N2C(=O)[C@H]3C(C4=C(O)c5ccccc5C4=O)=N[C@@H](c4ccccn4)[C@H]3C2=O)c1. The van der Waals surface area contributed by atoms with Crippen LogP contribution in [-0.4, -0.2) is 33.4 Å². The molecule has 3 atom stereocenters. The van der Waals surface area contributed by atoms with Crippen molar-refractivity contribution >= 4 is 34.8 Å². The summed E-state index contributed by atoms with van der Waals surface area (Å²) in [6.45, 7) is 1.89. The minimum Gasteiger partial charge on any atom is -0.506 e. The van der Waals surface area contributed by atoms with E-state index in [9.17, 15) is 19.5 Å². The molecular weight excluding hydrogens is 430 g/mol. The first-order valence-electron chi connectivity index (χ1n) is 11.0. The first-order valence-corrected chi connectivity index (χ1v) is 11.0. The molecule has 2 aliphatic heterocycles. The van der Waals surface area contributed by atoms with Crippen molar-refractivity contribution in [2.24, 2.45) is 16.8 Å². The lowest BCUT2D eigenvalue weighted by Gasteiger charge is -2.18. The predicted molar refractivity (Wildman–Crippen MR) is 125 cm³/mol. The molecule has 3 heterocycles. The van der Waals surface area contributed by atoms with Crippen molar-refractivity contribution in [2.75, 3.05) is 4.90 Å². The van der Waals surface area contributed by atoms with E-state index in [0.29, 0.717) is 22.5 Å². The average molecular weight is 449 g/mol. The number of carbonyl (C=O) groups excluding carboxylic acids is 3. The minimum absolute atomic E-state index is 0.0122. The number of aliphatic imine (C=N–C) groups is 1. The Bertz CT molecular complexity index is 1460. The molecule has 1 aliphatic carbocycles. The number of nitrogens with zero attached hydrogens (tertiary/aromatic N) is 3. The zero-order valence-electron chi connectivity index (χ0n) is 18.2. The largest absolute Gasteiger partial charge is 0.506 e. The van der Waals surface area contributed by atoms with Crippen molar-refractivity contribution in [1.29, 1.82) is 0 Å². The maximum Gasteiger partial charge on any atom is 0.243 e. The van der Waals surface area contributed by atoms with Gasteiger partial charge in [-0.05, 0) is 36.8 Å². The predicted octanol–water partition coefficient (Wildman–Crippen LogP) is 3.86. The fourth-order valence-corrected chi connectivity index (χ4v) is 5.15. The summed E-state index contributed by atoms with van der Waals surface area (Å²) in [6, 6.07) is 18.4. The molecule has 0 saturated carbocycles. The van der Waals surface area contributed by atoms with Gasteiger partial charge in [-0.2, -0.15) is 0 Å². The Morgan fingerprint density at radius 2 is 1.65 bits per heavy atom. The lowest BCUT2D eigenvalue weighted by molar-refractivity contribution is -0.122. The van der Waals surface area contributed by atoms with Crippen LogP contribution in [-0.2, 0) is 9.59 Å². The second kappa shape index (κ2) is 7.31. The Balaban J connectivity index is 1.52. The molecule has 7 nitrogen and oxygen atoms in total. The number of amides is 2. The molecule has 3 aromatic rings. The van der Waals surface area contributed by atoms with Crippen molar-refractivity contribution in [3.05, 3.63) is 101 Å². The number of aromatic nitrogens is 1. The number of pyridine rings is 1. The molecule has 1 fully saturated rings. The topological polar surface area (TPSA) is 99.9 Å². The number of rotatable bonds is 3. The third-order valence-corrected chi connectivity index (χ3v) is 6.66. The molecule has 0 spiro atoms. The molecule has 34 heavy (non-hydrogen) atoms. The second-order valence-electron chi connectivity index (χ2n) is 8.67. The van der Waals surface area contributed by atoms with Gasteiger partial charge >= 0.3 is 0 Å². The van der Waals surface area contributed by atoms with E-state index < -0.39 is 35.5 Å². The number of carbonyl (C=O) groups is 3. The number of ketones is 1. The van der Waals surface area contributed by atoms with Crippen LogP contribution in [0.1, 0.15) is 33.2 Å². The van der Waals surface area contributed by atoms with Crippen LogP contribution in [0.5, 0.6) is 0 Å². The van der Waals surface area contributed by atoms with Gasteiger partial charge < -0.3 is 5.11 Å². The van der Waals surface area contributed by atoms with Crippen molar-refractivity contribution in [3.8, 4) is 0 Å². The number of aryl methyl sites for hydroxylation is 1. The van der Waals surface area contributed by atoms with E-state index >= 15 is 0 Å². The van der Waals surface area contributed by atoms with Crippen LogP contribution < -0.4 is 4.90 Å². The summed E-state index contributed by atoms with van der Waals surface area (Å²) in [5.74, 6) is -3.31. The fourth-order valence-electron chi connectivity index (χ4n) is 5.15. The molecule has 0 radical (unpaired) electrons. The summed E-state index contributed by atoms with van der Waals surface area (Å²) >= 11 is 0. The summed E-state index contributed by atoms with van der Waals surface area (Å²) in [4.78, 5) is 50.9. The number of Topliss-reactive ketones (excluding diaryl/α,β-unsaturated/α-hetero) is 1. The van der Waals surface area contributed by atoms with E-state index in [1.165, 1.54) is 4.90 Å². The van der Waals surface area contributed by atoms with Gasteiger partial charge in [0.2, 0.25) is 11.8 Å². The van der Waals surface area contributed by atoms with Crippen LogP contribution >= 0.6 is 0 Å². The third-order valence-electron chi connectivity index (χ3n) is 6.66. The molecule has 2 aromatic carbocycles. The van der Waals surface area contributed by atoms with Gasteiger partial charge in [0.1, 0.15) is 11.8 Å². The molecule has 1 saturated heterocycles. The van der Waals surface area contributed by atoms with Crippen LogP contribution in [0.2, 0.25) is 0 Å². The molecule has 2 amide bonds. The summed E-state index contributed by atoms with van der Waals surface area (Å²) in [5, 5.41) is 11.0. The van der Waals surface area contributed by atoms with Crippen molar-refractivity contribution in [2.45, 2.75) is 13.0 Å². The van der Waals surface area contributed by atoms with Gasteiger partial charge in [0.05, 0.1) is 34.5 Å². The maximum absolute atomic E-state index is 13.7. The molecule has 6 rings (SSSR count). The van der Waals surface area contributed by atoms with E-state index in [0.717, 1.165) is 5.56 Å². The Labute approximate surface area is 195 Å². The number of hydrogen-bond donors (Lipinski definition) is 1.